The zero-order chi connectivity index (χ0) is 10.0. The average Bonchev–Trinajstić information content (AvgIpc) is 2.05. The maximum absolute atomic E-state index is 10.6. The number of amides is 1. The zero-order valence-electron chi connectivity index (χ0n) is 6.68. The van der Waals surface area contributed by atoms with E-state index in [-0.39, 0.29) is 6.42 Å². The quantitative estimate of drug-likeness (QED) is 0.741. The van der Waals surface area contributed by atoms with Crippen LogP contribution in [0.3, 0.4) is 0 Å². The first-order chi connectivity index (χ1) is 6.02. The number of rotatable bonds is 2. The van der Waals surface area contributed by atoms with Crippen molar-refractivity contribution in [1.29, 1.82) is 0 Å². The Balaban J connectivity index is 3.17. The highest BCUT2D eigenvalue weighted by Crippen LogP contribution is 2.29. The molecule has 1 amide bonds. The van der Waals surface area contributed by atoms with Crippen LogP contribution in [0, 0.1) is 0 Å². The first-order valence-corrected chi connectivity index (χ1v) is 4.28. The molecule has 0 spiro atoms. The van der Waals surface area contributed by atoms with E-state index in [1.807, 2.05) is 0 Å². The van der Waals surface area contributed by atoms with Crippen molar-refractivity contribution in [3.63, 3.8) is 0 Å². The Bertz CT molecular complexity index is 352. The molecule has 0 aliphatic rings. The van der Waals surface area contributed by atoms with Crippen LogP contribution in [-0.2, 0) is 11.2 Å². The van der Waals surface area contributed by atoms with Crippen molar-refractivity contribution in [2.24, 2.45) is 5.73 Å². The minimum Gasteiger partial charge on any atom is -0.398 e. The highest BCUT2D eigenvalue weighted by atomic mass is 35.5. The SMILES string of the molecule is NC(=O)Cc1c(Cl)ccc(N)c1Cl. The average molecular weight is 219 g/mol. The molecule has 0 saturated carbocycles. The van der Waals surface area contributed by atoms with E-state index in [1.165, 1.54) is 0 Å². The number of hydrogen-bond acceptors (Lipinski definition) is 2. The number of anilines is 1. The summed E-state index contributed by atoms with van der Waals surface area (Å²) in [6, 6.07) is 3.16. The Hall–Kier alpha value is -0.930. The molecule has 4 N–H and O–H groups in total. The smallest absolute Gasteiger partial charge is 0.221 e. The molecular weight excluding hydrogens is 211 g/mol. The van der Waals surface area contributed by atoms with Crippen LogP contribution >= 0.6 is 23.2 Å². The molecule has 0 radical (unpaired) electrons. The number of carbonyl (C=O) groups excluding carboxylic acids is 1. The lowest BCUT2D eigenvalue weighted by Gasteiger charge is -2.06. The summed E-state index contributed by atoms with van der Waals surface area (Å²) in [7, 11) is 0. The second-order valence-electron chi connectivity index (χ2n) is 2.57. The van der Waals surface area contributed by atoms with Crippen LogP contribution in [0.2, 0.25) is 10.0 Å². The predicted molar refractivity (Wildman–Crippen MR) is 53.8 cm³/mol. The summed E-state index contributed by atoms with van der Waals surface area (Å²) in [6.07, 6.45) is 0.00269. The van der Waals surface area contributed by atoms with Gasteiger partial charge in [-0.05, 0) is 12.1 Å². The van der Waals surface area contributed by atoms with E-state index in [0.29, 0.717) is 21.3 Å². The van der Waals surface area contributed by atoms with Gasteiger partial charge in [-0.15, -0.1) is 0 Å². The van der Waals surface area contributed by atoms with Gasteiger partial charge in [-0.25, -0.2) is 0 Å². The maximum Gasteiger partial charge on any atom is 0.221 e. The molecule has 13 heavy (non-hydrogen) atoms. The van der Waals surface area contributed by atoms with Crippen molar-refractivity contribution >= 4 is 34.8 Å². The second kappa shape index (κ2) is 3.85. The number of nitrogen functional groups attached to an aromatic ring is 1. The summed E-state index contributed by atoms with van der Waals surface area (Å²) in [5, 5.41) is 0.698. The number of carbonyl (C=O) groups is 1. The Morgan fingerprint density at radius 2 is 2.00 bits per heavy atom. The molecule has 70 valence electrons. The van der Waals surface area contributed by atoms with Gasteiger partial charge < -0.3 is 11.5 Å². The van der Waals surface area contributed by atoms with Crippen LogP contribution in [0.1, 0.15) is 5.56 Å². The highest BCUT2D eigenvalue weighted by molar-refractivity contribution is 6.37. The second-order valence-corrected chi connectivity index (χ2v) is 3.36. The van der Waals surface area contributed by atoms with Crippen LogP contribution in [0.15, 0.2) is 12.1 Å². The lowest BCUT2D eigenvalue weighted by Crippen LogP contribution is -2.14. The van der Waals surface area contributed by atoms with Crippen LogP contribution in [0.5, 0.6) is 0 Å². The summed E-state index contributed by atoms with van der Waals surface area (Å²) < 4.78 is 0. The first-order valence-electron chi connectivity index (χ1n) is 3.53. The third-order valence-corrected chi connectivity index (χ3v) is 2.37. The van der Waals surface area contributed by atoms with Gasteiger partial charge in [0.25, 0.3) is 0 Å². The number of halogens is 2. The van der Waals surface area contributed by atoms with E-state index in [9.17, 15) is 4.79 Å². The van der Waals surface area contributed by atoms with Crippen molar-refractivity contribution in [2.45, 2.75) is 6.42 Å². The topological polar surface area (TPSA) is 69.1 Å². The van der Waals surface area contributed by atoms with Crippen molar-refractivity contribution in [3.8, 4) is 0 Å². The van der Waals surface area contributed by atoms with Crippen LogP contribution < -0.4 is 11.5 Å². The van der Waals surface area contributed by atoms with Gasteiger partial charge in [0, 0.05) is 10.6 Å². The molecule has 0 heterocycles. The molecule has 0 fully saturated rings. The molecule has 0 bridgehead atoms. The van der Waals surface area contributed by atoms with E-state index in [1.54, 1.807) is 12.1 Å². The van der Waals surface area contributed by atoms with Gasteiger partial charge in [0.1, 0.15) is 0 Å². The normalized spacial score (nSPS) is 10.0. The van der Waals surface area contributed by atoms with Gasteiger partial charge in [0.05, 0.1) is 17.1 Å². The third kappa shape index (κ3) is 2.26. The lowest BCUT2D eigenvalue weighted by atomic mass is 10.1. The van der Waals surface area contributed by atoms with Gasteiger partial charge >= 0.3 is 0 Å². The van der Waals surface area contributed by atoms with Crippen molar-refractivity contribution < 1.29 is 4.79 Å². The van der Waals surface area contributed by atoms with Crippen LogP contribution in [0.25, 0.3) is 0 Å². The van der Waals surface area contributed by atoms with Gasteiger partial charge in [-0.1, -0.05) is 23.2 Å². The summed E-state index contributed by atoms with van der Waals surface area (Å²) in [6.45, 7) is 0. The molecule has 3 nitrogen and oxygen atoms in total. The van der Waals surface area contributed by atoms with E-state index < -0.39 is 5.91 Å². The van der Waals surface area contributed by atoms with Crippen molar-refractivity contribution in [1.82, 2.24) is 0 Å². The van der Waals surface area contributed by atoms with Crippen molar-refractivity contribution in [3.05, 3.63) is 27.7 Å². The molecule has 0 aliphatic heterocycles. The molecule has 1 aromatic carbocycles. The monoisotopic (exact) mass is 218 g/mol. The Morgan fingerprint density at radius 3 is 2.54 bits per heavy atom. The largest absolute Gasteiger partial charge is 0.398 e. The summed E-state index contributed by atoms with van der Waals surface area (Å²) in [5.74, 6) is -0.491. The molecule has 0 aromatic heterocycles. The number of hydrogen-bond donors (Lipinski definition) is 2. The lowest BCUT2D eigenvalue weighted by molar-refractivity contribution is -0.117. The van der Waals surface area contributed by atoms with E-state index in [2.05, 4.69) is 0 Å². The van der Waals surface area contributed by atoms with E-state index in [4.69, 9.17) is 34.7 Å². The van der Waals surface area contributed by atoms with Crippen LogP contribution in [-0.4, -0.2) is 5.91 Å². The minimum atomic E-state index is -0.491. The number of primary amides is 1. The standard InChI is InChI=1S/C8H8Cl2N2O/c9-5-1-2-6(11)8(10)4(5)3-7(12)13/h1-2H,3,11H2,(H2,12,13). The van der Waals surface area contributed by atoms with Crippen LogP contribution in [0.4, 0.5) is 5.69 Å². The fourth-order valence-corrected chi connectivity index (χ4v) is 1.46. The fraction of sp³-hybridized carbons (Fsp3) is 0.125. The molecule has 5 heteroatoms. The number of nitrogens with two attached hydrogens (primary N) is 2. The summed E-state index contributed by atoms with van der Waals surface area (Å²) >= 11 is 11.6. The van der Waals surface area contributed by atoms with Gasteiger partial charge in [0.2, 0.25) is 5.91 Å². The summed E-state index contributed by atoms with van der Waals surface area (Å²) in [4.78, 5) is 10.6. The minimum absolute atomic E-state index is 0.00269. The molecule has 0 aliphatic carbocycles. The zero-order valence-corrected chi connectivity index (χ0v) is 8.19. The molecule has 1 aromatic rings. The predicted octanol–water partition coefficient (Wildman–Crippen LogP) is 1.60. The molecule has 0 atom stereocenters. The molecule has 0 unspecified atom stereocenters. The third-order valence-electron chi connectivity index (χ3n) is 1.57. The van der Waals surface area contributed by atoms with E-state index in [0.717, 1.165) is 0 Å². The van der Waals surface area contributed by atoms with Gasteiger partial charge in [-0.2, -0.15) is 0 Å². The Kier molecular flexibility index (Phi) is 3.01. The highest BCUT2D eigenvalue weighted by Gasteiger charge is 2.10. The molecular formula is C8H8Cl2N2O. The van der Waals surface area contributed by atoms with Gasteiger partial charge in [0.15, 0.2) is 0 Å². The molecule has 1 rings (SSSR count). The number of benzene rings is 1. The van der Waals surface area contributed by atoms with Crippen molar-refractivity contribution in [2.75, 3.05) is 5.73 Å². The fourth-order valence-electron chi connectivity index (χ4n) is 0.952. The first kappa shape index (κ1) is 10.2. The Morgan fingerprint density at radius 1 is 1.38 bits per heavy atom. The van der Waals surface area contributed by atoms with Gasteiger partial charge in [-0.3, -0.25) is 4.79 Å². The Labute approximate surface area is 85.6 Å². The summed E-state index contributed by atoms with van der Waals surface area (Å²) in [5.41, 5.74) is 11.4. The molecule has 0 saturated heterocycles. The van der Waals surface area contributed by atoms with E-state index >= 15 is 0 Å². The maximum atomic E-state index is 10.6.